The zero-order valence-corrected chi connectivity index (χ0v) is 19.6. The molecule has 35 heavy (non-hydrogen) atoms. The average molecular weight is 504 g/mol. The van der Waals surface area contributed by atoms with Crippen molar-refractivity contribution >= 4 is 40.0 Å². The number of nitrogens with zero attached hydrogens (tertiary/aromatic N) is 3. The molecule has 8 N–H and O–H groups in total. The lowest BCUT2D eigenvalue weighted by Gasteiger charge is -2.41. The SMILES string of the molecule is Nc1ccc2c(c1)c(C(N)O)nn2CC(=O)N(CC(=O)NCc1cccc(Cl)c1F)C1CC(N)C1. The number of rotatable bonds is 8. The van der Waals surface area contributed by atoms with Gasteiger partial charge in [0.15, 0.2) is 0 Å². The molecule has 0 saturated heterocycles. The maximum atomic E-state index is 14.1. The summed E-state index contributed by atoms with van der Waals surface area (Å²) < 4.78 is 15.5. The predicted octanol–water partition coefficient (Wildman–Crippen LogP) is 0.995. The molecule has 1 saturated carbocycles. The molecular weight excluding hydrogens is 477 g/mol. The largest absolute Gasteiger partial charge is 0.399 e. The lowest BCUT2D eigenvalue weighted by molar-refractivity contribution is -0.141. The van der Waals surface area contributed by atoms with Gasteiger partial charge in [-0.05, 0) is 37.1 Å². The maximum absolute atomic E-state index is 14.1. The molecule has 0 spiro atoms. The normalized spacial score (nSPS) is 18.2. The monoisotopic (exact) mass is 503 g/mol. The van der Waals surface area contributed by atoms with Crippen LogP contribution in [0.25, 0.3) is 10.9 Å². The fourth-order valence-electron chi connectivity index (χ4n) is 4.17. The number of carbonyl (C=O) groups is 2. The van der Waals surface area contributed by atoms with Crippen LogP contribution in [-0.4, -0.2) is 50.2 Å². The van der Waals surface area contributed by atoms with Gasteiger partial charge in [0.25, 0.3) is 0 Å². The second-order valence-corrected chi connectivity index (χ2v) is 9.07. The molecule has 1 heterocycles. The third kappa shape index (κ3) is 5.38. The molecule has 1 fully saturated rings. The van der Waals surface area contributed by atoms with E-state index in [1.54, 1.807) is 24.3 Å². The van der Waals surface area contributed by atoms with Crippen molar-refractivity contribution in [3.63, 3.8) is 0 Å². The second-order valence-electron chi connectivity index (χ2n) is 8.66. The summed E-state index contributed by atoms with van der Waals surface area (Å²) in [5.74, 6) is -1.41. The van der Waals surface area contributed by atoms with Crippen molar-refractivity contribution < 1.29 is 19.1 Å². The Kier molecular flexibility index (Phi) is 7.22. The van der Waals surface area contributed by atoms with Gasteiger partial charge in [-0.1, -0.05) is 23.7 Å². The van der Waals surface area contributed by atoms with Crippen LogP contribution in [0.4, 0.5) is 10.1 Å². The molecular formula is C23H27ClFN7O3. The standard InChI is InChI=1S/C23H27ClFN7O3/c24-17-3-1-2-12(21(17)25)9-29-19(33)10-31(15-6-14(27)7-15)20(34)11-32-18-5-4-13(26)8-16(18)22(30-32)23(28)35/h1-5,8,14-15,23,35H,6-7,9-11,26-28H2,(H,29,33). The van der Waals surface area contributed by atoms with Crippen molar-refractivity contribution in [3.05, 3.63) is 58.5 Å². The highest BCUT2D eigenvalue weighted by atomic mass is 35.5. The van der Waals surface area contributed by atoms with Crippen molar-refractivity contribution in [2.45, 2.75) is 44.2 Å². The van der Waals surface area contributed by atoms with E-state index in [-0.39, 0.29) is 53.9 Å². The Bertz CT molecular complexity index is 1260. The van der Waals surface area contributed by atoms with Gasteiger partial charge in [0, 0.05) is 35.3 Å². The molecule has 1 atom stereocenters. The van der Waals surface area contributed by atoms with Crippen LogP contribution in [0.2, 0.25) is 5.02 Å². The molecule has 186 valence electrons. The van der Waals surface area contributed by atoms with E-state index in [1.807, 2.05) is 0 Å². The van der Waals surface area contributed by atoms with Crippen LogP contribution in [0.3, 0.4) is 0 Å². The number of hydrogen-bond acceptors (Lipinski definition) is 7. The number of nitrogens with one attached hydrogen (secondary N) is 1. The zero-order chi connectivity index (χ0) is 25.3. The Morgan fingerprint density at radius 3 is 2.74 bits per heavy atom. The van der Waals surface area contributed by atoms with Gasteiger partial charge in [-0.2, -0.15) is 5.10 Å². The fraction of sp³-hybridized carbons (Fsp3) is 0.348. The zero-order valence-electron chi connectivity index (χ0n) is 18.8. The minimum Gasteiger partial charge on any atom is -0.399 e. The molecule has 2 amide bonds. The molecule has 1 aliphatic carbocycles. The van der Waals surface area contributed by atoms with E-state index in [2.05, 4.69) is 10.4 Å². The second kappa shape index (κ2) is 10.2. The van der Waals surface area contributed by atoms with E-state index in [4.69, 9.17) is 28.8 Å². The summed E-state index contributed by atoms with van der Waals surface area (Å²) in [5.41, 5.74) is 18.9. The molecule has 12 heteroatoms. The first-order valence-corrected chi connectivity index (χ1v) is 11.5. The van der Waals surface area contributed by atoms with Crippen molar-refractivity contribution in [3.8, 4) is 0 Å². The maximum Gasteiger partial charge on any atom is 0.245 e. The number of aliphatic hydroxyl groups excluding tert-OH is 1. The van der Waals surface area contributed by atoms with Crippen molar-refractivity contribution in [2.75, 3.05) is 12.3 Å². The van der Waals surface area contributed by atoms with Gasteiger partial charge in [-0.15, -0.1) is 0 Å². The topological polar surface area (TPSA) is 166 Å². The number of halogens is 2. The molecule has 4 rings (SSSR count). The molecule has 1 aliphatic rings. The number of aliphatic hydroxyl groups is 1. The highest BCUT2D eigenvalue weighted by Gasteiger charge is 2.35. The first-order chi connectivity index (χ1) is 16.6. The Morgan fingerprint density at radius 2 is 2.06 bits per heavy atom. The summed E-state index contributed by atoms with van der Waals surface area (Å²) in [6, 6.07) is 9.25. The third-order valence-corrected chi connectivity index (χ3v) is 6.39. The summed E-state index contributed by atoms with van der Waals surface area (Å²) in [6.45, 7) is -0.480. The fourth-order valence-corrected chi connectivity index (χ4v) is 4.37. The lowest BCUT2D eigenvalue weighted by Crippen LogP contribution is -2.55. The van der Waals surface area contributed by atoms with E-state index in [9.17, 15) is 19.1 Å². The number of carbonyl (C=O) groups excluding carboxylic acids is 2. The lowest BCUT2D eigenvalue weighted by atomic mass is 9.86. The van der Waals surface area contributed by atoms with Crippen LogP contribution >= 0.6 is 11.6 Å². The number of aromatic nitrogens is 2. The van der Waals surface area contributed by atoms with Crippen LogP contribution in [0.1, 0.15) is 30.3 Å². The first kappa shape index (κ1) is 24.9. The minimum absolute atomic E-state index is 0.0350. The predicted molar refractivity (Wildman–Crippen MR) is 129 cm³/mol. The van der Waals surface area contributed by atoms with E-state index in [1.165, 1.54) is 21.7 Å². The summed E-state index contributed by atoms with van der Waals surface area (Å²) in [5, 5.41) is 17.3. The highest BCUT2D eigenvalue weighted by Crippen LogP contribution is 2.27. The van der Waals surface area contributed by atoms with E-state index < -0.39 is 18.0 Å². The Labute approximate surface area is 205 Å². The molecule has 3 aromatic rings. The summed E-state index contributed by atoms with van der Waals surface area (Å²) in [6.07, 6.45) is -0.232. The van der Waals surface area contributed by atoms with Crippen LogP contribution in [0.15, 0.2) is 36.4 Å². The Morgan fingerprint density at radius 1 is 1.31 bits per heavy atom. The summed E-state index contributed by atoms with van der Waals surface area (Å²) in [7, 11) is 0. The quantitative estimate of drug-likeness (QED) is 0.226. The molecule has 2 aromatic carbocycles. The molecule has 0 radical (unpaired) electrons. The third-order valence-electron chi connectivity index (χ3n) is 6.10. The van der Waals surface area contributed by atoms with Crippen LogP contribution in [-0.2, 0) is 22.7 Å². The number of anilines is 1. The van der Waals surface area contributed by atoms with Gasteiger partial charge in [0.1, 0.15) is 24.3 Å². The van der Waals surface area contributed by atoms with E-state index >= 15 is 0 Å². The van der Waals surface area contributed by atoms with Gasteiger partial charge < -0.3 is 32.5 Å². The van der Waals surface area contributed by atoms with Gasteiger partial charge in [0.05, 0.1) is 17.1 Å². The Hall–Kier alpha value is -3.25. The molecule has 0 aliphatic heterocycles. The van der Waals surface area contributed by atoms with E-state index in [0.29, 0.717) is 29.4 Å². The van der Waals surface area contributed by atoms with Gasteiger partial charge >= 0.3 is 0 Å². The number of amides is 2. The van der Waals surface area contributed by atoms with Crippen molar-refractivity contribution in [1.82, 2.24) is 20.0 Å². The number of fused-ring (bicyclic) bond motifs is 1. The summed E-state index contributed by atoms with van der Waals surface area (Å²) >= 11 is 5.79. The van der Waals surface area contributed by atoms with Gasteiger partial charge in [-0.25, -0.2) is 4.39 Å². The van der Waals surface area contributed by atoms with Crippen LogP contribution in [0.5, 0.6) is 0 Å². The van der Waals surface area contributed by atoms with E-state index in [0.717, 1.165) is 0 Å². The molecule has 1 aromatic heterocycles. The minimum atomic E-state index is -1.35. The molecule has 0 bridgehead atoms. The molecule has 10 nitrogen and oxygen atoms in total. The number of benzene rings is 2. The molecule has 1 unspecified atom stereocenters. The smallest absolute Gasteiger partial charge is 0.245 e. The van der Waals surface area contributed by atoms with Crippen LogP contribution in [0, 0.1) is 5.82 Å². The van der Waals surface area contributed by atoms with Crippen molar-refractivity contribution in [1.29, 1.82) is 0 Å². The number of hydrogen-bond donors (Lipinski definition) is 5. The first-order valence-electron chi connectivity index (χ1n) is 11.1. The van der Waals surface area contributed by atoms with Crippen molar-refractivity contribution in [2.24, 2.45) is 11.5 Å². The average Bonchev–Trinajstić information content (AvgIpc) is 3.14. The summed E-state index contributed by atoms with van der Waals surface area (Å²) in [4.78, 5) is 27.4. The van der Waals surface area contributed by atoms with Gasteiger partial charge in [0.2, 0.25) is 11.8 Å². The van der Waals surface area contributed by atoms with Crippen LogP contribution < -0.4 is 22.5 Å². The number of nitrogen functional groups attached to an aromatic ring is 1. The van der Waals surface area contributed by atoms with Gasteiger partial charge in [-0.3, -0.25) is 14.3 Å². The highest BCUT2D eigenvalue weighted by molar-refractivity contribution is 6.30. The number of nitrogens with two attached hydrogens (primary N) is 3. The Balaban J connectivity index is 1.50.